The van der Waals surface area contributed by atoms with E-state index < -0.39 is 0 Å². The summed E-state index contributed by atoms with van der Waals surface area (Å²) >= 11 is 0. The predicted molar refractivity (Wildman–Crippen MR) is 125 cm³/mol. The van der Waals surface area contributed by atoms with Gasteiger partial charge in [-0.25, -0.2) is 0 Å². The second-order valence-electron chi connectivity index (χ2n) is 7.51. The molecule has 0 radical (unpaired) electrons. The van der Waals surface area contributed by atoms with Crippen LogP contribution in [0.1, 0.15) is 31.2 Å². The molecule has 0 fully saturated rings. The first kappa shape index (κ1) is 18.9. The number of nitrogen functional groups attached to an aromatic ring is 1. The maximum Gasteiger partial charge on any atom is 0.0940 e. The van der Waals surface area contributed by atoms with Crippen molar-refractivity contribution < 1.29 is 0 Å². The van der Waals surface area contributed by atoms with Crippen molar-refractivity contribution in [1.82, 2.24) is 4.98 Å². The van der Waals surface area contributed by atoms with E-state index in [1.807, 2.05) is 12.3 Å². The van der Waals surface area contributed by atoms with Gasteiger partial charge in [-0.05, 0) is 46.7 Å². The Bertz CT molecular complexity index is 1020. The van der Waals surface area contributed by atoms with Crippen molar-refractivity contribution in [3.8, 4) is 11.1 Å². The Morgan fingerprint density at radius 3 is 2.57 bits per heavy atom. The molecule has 4 rings (SSSR count). The Morgan fingerprint density at radius 1 is 1.04 bits per heavy atom. The van der Waals surface area contributed by atoms with Gasteiger partial charge in [0.2, 0.25) is 0 Å². The summed E-state index contributed by atoms with van der Waals surface area (Å²) in [4.78, 5) is 4.67. The van der Waals surface area contributed by atoms with Crippen LogP contribution in [0.5, 0.6) is 0 Å². The quantitative estimate of drug-likeness (QED) is 0.410. The summed E-state index contributed by atoms with van der Waals surface area (Å²) < 4.78 is 0. The number of pyridine rings is 1. The van der Waals surface area contributed by atoms with E-state index in [1.165, 1.54) is 16.7 Å². The zero-order valence-electron chi connectivity index (χ0n) is 16.3. The van der Waals surface area contributed by atoms with E-state index >= 15 is 0 Å². The summed E-state index contributed by atoms with van der Waals surface area (Å²) in [5.41, 5.74) is 12.5. The van der Waals surface area contributed by atoms with Crippen LogP contribution in [-0.4, -0.2) is 10.6 Å². The molecule has 1 aromatic heterocycles. The van der Waals surface area contributed by atoms with Crippen LogP contribution in [-0.2, 0) is 0 Å². The maximum atomic E-state index is 6.74. The van der Waals surface area contributed by atoms with Gasteiger partial charge in [0.1, 0.15) is 0 Å². The van der Waals surface area contributed by atoms with Crippen LogP contribution in [0.15, 0.2) is 79.0 Å². The minimum absolute atomic E-state index is 0.389. The van der Waals surface area contributed by atoms with Crippen molar-refractivity contribution >= 4 is 25.8 Å². The second kappa shape index (κ2) is 8.29. The molecule has 1 aliphatic rings. The first-order valence-electron chi connectivity index (χ1n) is 10.0. The van der Waals surface area contributed by atoms with E-state index in [9.17, 15) is 0 Å². The molecule has 4 unspecified atom stereocenters. The van der Waals surface area contributed by atoms with E-state index in [4.69, 9.17) is 5.73 Å². The molecular weight excluding hydrogens is 359 g/mol. The predicted octanol–water partition coefficient (Wildman–Crippen LogP) is 6.35. The molecule has 142 valence electrons. The SMILES string of the molecule is CCCC(c1ccc2c(-c3ccccc3)ccnc2c1N)C1C=CC=CC1P. The summed E-state index contributed by atoms with van der Waals surface area (Å²) in [6.07, 6.45) is 13.0. The van der Waals surface area contributed by atoms with Crippen LogP contribution in [0.4, 0.5) is 5.69 Å². The number of hydrogen-bond acceptors (Lipinski definition) is 2. The van der Waals surface area contributed by atoms with Gasteiger partial charge in [0.15, 0.2) is 0 Å². The number of fused-ring (bicyclic) bond motifs is 1. The summed E-state index contributed by atoms with van der Waals surface area (Å²) in [6.45, 7) is 2.25. The fourth-order valence-electron chi connectivity index (χ4n) is 4.36. The molecule has 3 heteroatoms. The van der Waals surface area contributed by atoms with Crippen LogP contribution in [0.25, 0.3) is 22.0 Å². The normalized spacial score (nSPS) is 19.8. The first-order chi connectivity index (χ1) is 13.7. The van der Waals surface area contributed by atoms with Gasteiger partial charge < -0.3 is 5.73 Å². The zero-order chi connectivity index (χ0) is 19.5. The molecule has 4 atom stereocenters. The summed E-state index contributed by atoms with van der Waals surface area (Å²) in [6, 6.07) is 17.0. The zero-order valence-corrected chi connectivity index (χ0v) is 17.4. The molecule has 28 heavy (non-hydrogen) atoms. The van der Waals surface area contributed by atoms with Gasteiger partial charge in [-0.2, -0.15) is 0 Å². The van der Waals surface area contributed by atoms with Crippen molar-refractivity contribution in [2.45, 2.75) is 31.3 Å². The monoisotopic (exact) mass is 386 g/mol. The summed E-state index contributed by atoms with van der Waals surface area (Å²) in [7, 11) is 2.99. The third kappa shape index (κ3) is 3.50. The van der Waals surface area contributed by atoms with Gasteiger partial charge in [0.05, 0.1) is 11.2 Å². The van der Waals surface area contributed by atoms with E-state index in [2.05, 4.69) is 87.9 Å². The minimum Gasteiger partial charge on any atom is -0.397 e. The maximum absolute atomic E-state index is 6.74. The average Bonchev–Trinajstić information content (AvgIpc) is 2.74. The number of nitrogens with zero attached hydrogens (tertiary/aromatic N) is 1. The van der Waals surface area contributed by atoms with Crippen LogP contribution in [0, 0.1) is 5.92 Å². The highest BCUT2D eigenvalue weighted by Crippen LogP contribution is 2.42. The van der Waals surface area contributed by atoms with E-state index in [-0.39, 0.29) is 0 Å². The Hall–Kier alpha value is -2.44. The molecule has 2 N–H and O–H groups in total. The van der Waals surface area contributed by atoms with Crippen molar-refractivity contribution in [3.63, 3.8) is 0 Å². The fraction of sp³-hybridized carbons (Fsp3) is 0.240. The summed E-state index contributed by atoms with van der Waals surface area (Å²) in [5.74, 6) is 0.826. The number of nitrogens with two attached hydrogens (primary N) is 1. The highest BCUT2D eigenvalue weighted by Gasteiger charge is 2.28. The molecule has 0 aliphatic heterocycles. The molecule has 1 aliphatic carbocycles. The van der Waals surface area contributed by atoms with Gasteiger partial charge in [-0.15, -0.1) is 9.24 Å². The minimum atomic E-state index is 0.389. The van der Waals surface area contributed by atoms with Gasteiger partial charge in [0, 0.05) is 11.6 Å². The average molecular weight is 386 g/mol. The van der Waals surface area contributed by atoms with E-state index in [1.54, 1.807) is 0 Å². The van der Waals surface area contributed by atoms with Crippen molar-refractivity contribution in [1.29, 1.82) is 0 Å². The molecule has 1 heterocycles. The Labute approximate surface area is 169 Å². The molecule has 0 bridgehead atoms. The van der Waals surface area contributed by atoms with Crippen molar-refractivity contribution in [3.05, 3.63) is 84.6 Å². The number of aromatic nitrogens is 1. The Morgan fingerprint density at radius 2 is 1.82 bits per heavy atom. The van der Waals surface area contributed by atoms with Crippen molar-refractivity contribution in [2.24, 2.45) is 5.92 Å². The molecule has 0 saturated heterocycles. The smallest absolute Gasteiger partial charge is 0.0940 e. The molecular formula is C25H27N2P. The Kier molecular flexibility index (Phi) is 5.59. The van der Waals surface area contributed by atoms with Crippen LogP contribution in [0.3, 0.4) is 0 Å². The molecule has 3 aromatic rings. The van der Waals surface area contributed by atoms with Gasteiger partial charge in [0.25, 0.3) is 0 Å². The largest absolute Gasteiger partial charge is 0.397 e. The summed E-state index contributed by atoms with van der Waals surface area (Å²) in [5, 5.41) is 1.12. The number of anilines is 1. The van der Waals surface area contributed by atoms with Gasteiger partial charge in [-0.3, -0.25) is 4.98 Å². The molecule has 0 saturated carbocycles. The third-order valence-electron chi connectivity index (χ3n) is 5.76. The lowest BCUT2D eigenvalue weighted by Gasteiger charge is -2.31. The number of benzene rings is 2. The molecule has 0 spiro atoms. The van der Waals surface area contributed by atoms with Gasteiger partial charge >= 0.3 is 0 Å². The topological polar surface area (TPSA) is 38.9 Å². The van der Waals surface area contributed by atoms with Crippen LogP contribution < -0.4 is 5.73 Å². The van der Waals surface area contributed by atoms with E-state index in [0.717, 1.165) is 29.4 Å². The van der Waals surface area contributed by atoms with E-state index in [0.29, 0.717) is 17.5 Å². The first-order valence-corrected chi connectivity index (χ1v) is 10.7. The highest BCUT2D eigenvalue weighted by atomic mass is 31.0. The fourth-order valence-corrected chi connectivity index (χ4v) is 4.88. The van der Waals surface area contributed by atoms with Gasteiger partial charge in [-0.1, -0.05) is 80.1 Å². The molecule has 2 nitrogen and oxygen atoms in total. The van der Waals surface area contributed by atoms with Crippen LogP contribution >= 0.6 is 9.24 Å². The number of hydrogen-bond donors (Lipinski definition) is 1. The molecule has 2 aromatic carbocycles. The second-order valence-corrected chi connectivity index (χ2v) is 8.28. The standard InChI is InChI=1S/C25H27N2P/c1-2-8-19(20-11-6-7-12-23(20)28)21-13-14-22-18(17-9-4-3-5-10-17)15-16-27-25(22)24(21)26/h3-7,9-16,19-20,23H,2,8,26,28H2,1H3. The lowest BCUT2D eigenvalue weighted by atomic mass is 9.78. The number of allylic oxidation sites excluding steroid dienone is 4. The lowest BCUT2D eigenvalue weighted by molar-refractivity contribution is 0.481. The third-order valence-corrected chi connectivity index (χ3v) is 6.42. The highest BCUT2D eigenvalue weighted by molar-refractivity contribution is 7.18. The van der Waals surface area contributed by atoms with Crippen LogP contribution in [0.2, 0.25) is 0 Å². The Balaban J connectivity index is 1.83. The molecule has 0 amide bonds. The number of rotatable bonds is 5. The van der Waals surface area contributed by atoms with Crippen molar-refractivity contribution in [2.75, 3.05) is 5.73 Å². The lowest BCUT2D eigenvalue weighted by Crippen LogP contribution is -2.21.